The van der Waals surface area contributed by atoms with Crippen molar-refractivity contribution in [3.8, 4) is 0 Å². The number of cyclic esters (lactones) is 1. The van der Waals surface area contributed by atoms with Crippen molar-refractivity contribution < 1.29 is 45.0 Å². The average Bonchev–Trinajstić information content (AvgIpc) is 3.13. The Morgan fingerprint density at radius 1 is 1.08 bits per heavy atom. The number of allylic oxidation sites excluding steroid dienone is 1. The van der Waals surface area contributed by atoms with Gasteiger partial charge in [0.05, 0.1) is 41.5 Å². The van der Waals surface area contributed by atoms with Gasteiger partial charge in [0, 0.05) is 17.3 Å². The minimum atomic E-state index is -1.62. The third-order valence-corrected chi connectivity index (χ3v) is 11.9. The molecule has 4 aliphatic carbocycles. The fourth-order valence-corrected chi connectivity index (χ4v) is 9.33. The van der Waals surface area contributed by atoms with E-state index in [-0.39, 0.29) is 37.6 Å². The van der Waals surface area contributed by atoms with Crippen LogP contribution < -0.4 is 0 Å². The fraction of sp³-hybridized carbons (Fsp3) is 0.862. The van der Waals surface area contributed by atoms with Crippen LogP contribution in [0.15, 0.2) is 11.6 Å². The Morgan fingerprint density at radius 2 is 1.76 bits per heavy atom. The van der Waals surface area contributed by atoms with Crippen LogP contribution in [-0.4, -0.2) is 84.6 Å². The zero-order chi connectivity index (χ0) is 28.0. The van der Waals surface area contributed by atoms with E-state index in [1.807, 2.05) is 13.8 Å². The Morgan fingerprint density at radius 3 is 2.45 bits per heavy atom. The maximum atomic E-state index is 13.3. The molecule has 1 saturated heterocycles. The lowest BCUT2D eigenvalue weighted by atomic mass is 9.45. The van der Waals surface area contributed by atoms with E-state index in [9.17, 15) is 40.2 Å². The van der Waals surface area contributed by atoms with Crippen LogP contribution >= 0.6 is 0 Å². The lowest BCUT2D eigenvalue weighted by Gasteiger charge is -2.60. The predicted molar refractivity (Wildman–Crippen MR) is 135 cm³/mol. The molecule has 9 heteroatoms. The number of aliphatic hydroxyl groups is 6. The molecule has 13 atom stereocenters. The van der Waals surface area contributed by atoms with E-state index in [0.29, 0.717) is 31.3 Å². The van der Waals surface area contributed by atoms with Crippen molar-refractivity contribution >= 4 is 11.8 Å². The summed E-state index contributed by atoms with van der Waals surface area (Å²) in [7, 11) is 0. The van der Waals surface area contributed by atoms with Crippen molar-refractivity contribution in [3.63, 3.8) is 0 Å². The first kappa shape index (κ1) is 28.2. The van der Waals surface area contributed by atoms with Gasteiger partial charge < -0.3 is 35.4 Å². The van der Waals surface area contributed by atoms with Crippen molar-refractivity contribution in [1.82, 2.24) is 0 Å². The number of ether oxygens (including phenoxy) is 1. The number of carbonyl (C=O) groups is 2. The second kappa shape index (κ2) is 9.08. The first-order valence-electron chi connectivity index (χ1n) is 14.2. The minimum Gasteiger partial charge on any atom is -0.463 e. The van der Waals surface area contributed by atoms with E-state index in [1.54, 1.807) is 19.9 Å². The molecule has 1 aliphatic heterocycles. The Bertz CT molecular complexity index is 1020. The number of aliphatic hydroxyl groups excluding tert-OH is 4. The highest BCUT2D eigenvalue weighted by Crippen LogP contribution is 2.68. The van der Waals surface area contributed by atoms with E-state index in [1.165, 1.54) is 0 Å². The molecule has 0 amide bonds. The maximum absolute atomic E-state index is 13.3. The first-order chi connectivity index (χ1) is 17.6. The summed E-state index contributed by atoms with van der Waals surface area (Å²) in [4.78, 5) is 25.4. The third-order valence-electron chi connectivity index (χ3n) is 11.9. The topological polar surface area (TPSA) is 165 Å². The quantitative estimate of drug-likeness (QED) is 0.286. The highest BCUT2D eigenvalue weighted by molar-refractivity contribution is 5.95. The number of hydrogen-bond donors (Lipinski definition) is 6. The maximum Gasteiger partial charge on any atom is 0.309 e. The van der Waals surface area contributed by atoms with Gasteiger partial charge >= 0.3 is 5.97 Å². The SMILES string of the molecule is CC1C(=O)OCC(O)C1CC(O)C(C)(O)C1CCC2(O)C3=CC(=O)C4CC(O)C(O)CC4(C)C3CCC12C. The molecule has 5 aliphatic rings. The number of hydrogen-bond acceptors (Lipinski definition) is 9. The number of rotatable bonds is 4. The highest BCUT2D eigenvalue weighted by Gasteiger charge is 2.69. The van der Waals surface area contributed by atoms with E-state index >= 15 is 0 Å². The summed E-state index contributed by atoms with van der Waals surface area (Å²) in [5.74, 6) is -2.81. The van der Waals surface area contributed by atoms with Crippen molar-refractivity contribution in [2.24, 2.45) is 40.4 Å². The summed E-state index contributed by atoms with van der Waals surface area (Å²) >= 11 is 0. The fourth-order valence-electron chi connectivity index (χ4n) is 9.33. The molecule has 0 aromatic heterocycles. The molecular formula is C29H44O9. The van der Waals surface area contributed by atoms with Crippen molar-refractivity contribution in [3.05, 3.63) is 11.6 Å². The second-order valence-electron chi connectivity index (χ2n) is 13.7. The van der Waals surface area contributed by atoms with Crippen molar-refractivity contribution in [2.45, 2.75) is 108 Å². The number of esters is 1. The van der Waals surface area contributed by atoms with Crippen LogP contribution in [0.1, 0.15) is 72.6 Å². The molecule has 0 radical (unpaired) electrons. The second-order valence-corrected chi connectivity index (χ2v) is 13.7. The first-order valence-corrected chi connectivity index (χ1v) is 14.2. The zero-order valence-electron chi connectivity index (χ0n) is 22.8. The summed E-state index contributed by atoms with van der Waals surface area (Å²) in [6.45, 7) is 6.99. The predicted octanol–water partition coefficient (Wildman–Crippen LogP) is 0.863. The van der Waals surface area contributed by atoms with Gasteiger partial charge in [0.1, 0.15) is 6.61 Å². The summed E-state index contributed by atoms with van der Waals surface area (Å²) in [6.07, 6.45) is -0.0153. The van der Waals surface area contributed by atoms with Crippen molar-refractivity contribution in [1.29, 1.82) is 0 Å². The van der Waals surface area contributed by atoms with Gasteiger partial charge in [-0.25, -0.2) is 0 Å². The Hall–Kier alpha value is -1.36. The average molecular weight is 537 g/mol. The standard InChI is InChI=1S/C29H44O9/c1-14-15(22(33)13-38-25(14)35)9-24(34)28(4,36)23-6-8-29(37)17-10-19(30)18-11-20(31)21(32)12-26(18,2)16(17)5-7-27(23,29)3/h10,14-16,18,20-24,31-34,36-37H,5-9,11-13H2,1-4H3. The lowest BCUT2D eigenvalue weighted by Crippen LogP contribution is -2.63. The molecule has 5 rings (SSSR count). The van der Waals surface area contributed by atoms with E-state index in [2.05, 4.69) is 0 Å². The van der Waals surface area contributed by atoms with E-state index in [4.69, 9.17) is 4.74 Å². The van der Waals surface area contributed by atoms with Gasteiger partial charge in [0.15, 0.2) is 5.78 Å². The number of fused-ring (bicyclic) bond motifs is 5. The molecule has 0 aromatic rings. The van der Waals surface area contributed by atoms with Crippen LogP contribution in [0.3, 0.4) is 0 Å². The van der Waals surface area contributed by atoms with Crippen molar-refractivity contribution in [2.75, 3.05) is 6.61 Å². The molecule has 3 saturated carbocycles. The summed E-state index contributed by atoms with van der Waals surface area (Å²) in [5.41, 5.74) is -3.74. The zero-order valence-corrected chi connectivity index (χ0v) is 22.8. The molecule has 9 nitrogen and oxygen atoms in total. The van der Waals surface area contributed by atoms with Crippen LogP contribution in [0.4, 0.5) is 0 Å². The normalized spacial score (nSPS) is 51.2. The third kappa shape index (κ3) is 3.79. The molecule has 214 valence electrons. The number of ketones is 1. The van der Waals surface area contributed by atoms with E-state index in [0.717, 1.165) is 0 Å². The van der Waals surface area contributed by atoms with Gasteiger partial charge in [-0.1, -0.05) is 20.8 Å². The van der Waals surface area contributed by atoms with Crippen LogP contribution in [0.2, 0.25) is 0 Å². The van der Waals surface area contributed by atoms with E-state index < -0.39 is 76.1 Å². The van der Waals surface area contributed by atoms with Gasteiger partial charge in [0.25, 0.3) is 0 Å². The van der Waals surface area contributed by atoms with Crippen LogP contribution in [0.5, 0.6) is 0 Å². The summed E-state index contributed by atoms with van der Waals surface area (Å²) in [6, 6.07) is 0. The molecular weight excluding hydrogens is 492 g/mol. The Labute approximate surface area is 223 Å². The minimum absolute atomic E-state index is 0.0131. The molecule has 4 fully saturated rings. The Balaban J connectivity index is 1.43. The van der Waals surface area contributed by atoms with Crippen LogP contribution in [0.25, 0.3) is 0 Å². The van der Waals surface area contributed by atoms with Gasteiger partial charge in [0.2, 0.25) is 0 Å². The number of carbonyl (C=O) groups excluding carboxylic acids is 2. The lowest BCUT2D eigenvalue weighted by molar-refractivity contribution is -0.186. The molecule has 1 heterocycles. The molecule has 38 heavy (non-hydrogen) atoms. The van der Waals surface area contributed by atoms with Gasteiger partial charge in [-0.2, -0.15) is 0 Å². The Kier molecular flexibility index (Phi) is 6.73. The molecule has 13 unspecified atom stereocenters. The van der Waals surface area contributed by atoms with Gasteiger partial charge in [-0.3, -0.25) is 9.59 Å². The molecule has 0 spiro atoms. The highest BCUT2D eigenvalue weighted by atomic mass is 16.5. The van der Waals surface area contributed by atoms with Gasteiger partial charge in [-0.05, 0) is 80.8 Å². The van der Waals surface area contributed by atoms with Crippen LogP contribution in [-0.2, 0) is 14.3 Å². The largest absolute Gasteiger partial charge is 0.463 e. The molecule has 0 bridgehead atoms. The summed E-state index contributed by atoms with van der Waals surface area (Å²) in [5, 5.41) is 66.7. The summed E-state index contributed by atoms with van der Waals surface area (Å²) < 4.78 is 4.99. The molecule has 0 aromatic carbocycles. The van der Waals surface area contributed by atoms with Crippen LogP contribution in [0, 0.1) is 40.4 Å². The smallest absolute Gasteiger partial charge is 0.309 e. The van der Waals surface area contributed by atoms with Gasteiger partial charge in [-0.15, -0.1) is 0 Å². The molecule has 6 N–H and O–H groups in total. The monoisotopic (exact) mass is 536 g/mol.